The predicted octanol–water partition coefficient (Wildman–Crippen LogP) is 5.76. The van der Waals surface area contributed by atoms with E-state index in [2.05, 4.69) is 15.4 Å². The lowest BCUT2D eigenvalue weighted by atomic mass is 10.0. The minimum absolute atomic E-state index is 0.0685. The van der Waals surface area contributed by atoms with Gasteiger partial charge in [-0.25, -0.2) is 8.91 Å². The van der Waals surface area contributed by atoms with Gasteiger partial charge < -0.3 is 19.7 Å². The molecule has 0 aliphatic carbocycles. The number of amides is 1. The normalized spacial score (nSPS) is 14.0. The Balaban J connectivity index is 1.33. The first-order valence-corrected chi connectivity index (χ1v) is 13.4. The Kier molecular flexibility index (Phi) is 8.00. The second-order valence-electron chi connectivity index (χ2n) is 11.2. The predicted molar refractivity (Wildman–Crippen MR) is 150 cm³/mol. The number of nitrogens with one attached hydrogen (secondary N) is 1. The van der Waals surface area contributed by atoms with Crippen LogP contribution in [0.4, 0.5) is 29.2 Å². The third-order valence-corrected chi connectivity index (χ3v) is 6.38. The summed E-state index contributed by atoms with van der Waals surface area (Å²) in [6, 6.07) is 15.0. The van der Waals surface area contributed by atoms with Crippen LogP contribution in [-0.2, 0) is 16.0 Å². The van der Waals surface area contributed by atoms with Crippen LogP contribution in [0.1, 0.15) is 36.7 Å². The molecule has 5 rings (SSSR count). The molecule has 0 bridgehead atoms. The average Bonchev–Trinajstić information content (AvgIpc) is 3.31. The van der Waals surface area contributed by atoms with Crippen LogP contribution in [0, 0.1) is 0 Å². The van der Waals surface area contributed by atoms with Crippen molar-refractivity contribution in [1.29, 1.82) is 0 Å². The minimum Gasteiger partial charge on any atom is -0.482 e. The monoisotopic (exact) mass is 599 g/mol. The highest BCUT2D eigenvalue weighted by Gasteiger charge is 2.32. The van der Waals surface area contributed by atoms with Crippen LogP contribution < -0.4 is 10.1 Å². The quantitative estimate of drug-likeness (QED) is 0.203. The zero-order valence-corrected chi connectivity index (χ0v) is 23.6. The highest BCUT2D eigenvalue weighted by atomic mass is 19.4. The van der Waals surface area contributed by atoms with Crippen LogP contribution in [-0.4, -0.2) is 69.0 Å². The van der Waals surface area contributed by atoms with Gasteiger partial charge in [0.05, 0.1) is 25.2 Å². The van der Waals surface area contributed by atoms with Gasteiger partial charge in [0.1, 0.15) is 17.5 Å². The summed E-state index contributed by atoms with van der Waals surface area (Å²) in [5, 5.41) is 7.26. The number of anilines is 2. The number of esters is 1. The lowest BCUT2D eigenvalue weighted by Crippen LogP contribution is -2.51. The topological polar surface area (TPSA) is 98.1 Å². The number of ether oxygens (including phenoxy) is 2. The van der Waals surface area contributed by atoms with Gasteiger partial charge in [0, 0.05) is 17.3 Å². The number of likely N-dealkylation sites (tertiary alicyclic amines) is 1. The fourth-order valence-electron chi connectivity index (χ4n) is 4.40. The van der Waals surface area contributed by atoms with Gasteiger partial charge in [0.25, 0.3) is 5.91 Å². The first-order valence-electron chi connectivity index (χ1n) is 13.4. The van der Waals surface area contributed by atoms with Gasteiger partial charge in [0.15, 0.2) is 12.3 Å². The highest BCUT2D eigenvalue weighted by molar-refractivity contribution is 5.96. The number of hydrogen-bond acceptors (Lipinski definition) is 7. The summed E-state index contributed by atoms with van der Waals surface area (Å²) < 4.78 is 63.9. The number of aromatic nitrogens is 3. The van der Waals surface area contributed by atoms with Gasteiger partial charge in [-0.1, -0.05) is 24.3 Å². The first-order chi connectivity index (χ1) is 20.2. The van der Waals surface area contributed by atoms with Crippen LogP contribution in [0.15, 0.2) is 60.8 Å². The van der Waals surface area contributed by atoms with Crippen molar-refractivity contribution >= 4 is 29.2 Å². The molecule has 3 heterocycles. The fourth-order valence-corrected chi connectivity index (χ4v) is 4.40. The van der Waals surface area contributed by atoms with Crippen molar-refractivity contribution in [2.75, 3.05) is 25.0 Å². The molecule has 0 unspecified atom stereocenters. The van der Waals surface area contributed by atoms with E-state index in [4.69, 9.17) is 9.47 Å². The Bertz CT molecular complexity index is 1640. The maximum absolute atomic E-state index is 13.2. The largest absolute Gasteiger partial charge is 0.482 e. The molecule has 43 heavy (non-hydrogen) atoms. The Morgan fingerprint density at radius 2 is 1.70 bits per heavy atom. The number of carbonyl (C=O) groups is 2. The van der Waals surface area contributed by atoms with Gasteiger partial charge >= 0.3 is 12.1 Å². The molecule has 226 valence electrons. The molecule has 0 saturated carbocycles. The number of fused-ring (bicyclic) bond motifs is 1. The van der Waals surface area contributed by atoms with Gasteiger partial charge in [-0.2, -0.15) is 18.2 Å². The number of nitrogens with zero attached hydrogens (tertiary/aromatic N) is 4. The first kappa shape index (κ1) is 29.8. The maximum Gasteiger partial charge on any atom is 0.422 e. The zero-order valence-electron chi connectivity index (χ0n) is 23.6. The molecule has 1 saturated heterocycles. The van der Waals surface area contributed by atoms with Crippen molar-refractivity contribution in [3.8, 4) is 16.9 Å². The molecule has 4 aromatic rings. The van der Waals surface area contributed by atoms with E-state index in [9.17, 15) is 27.2 Å². The number of alkyl halides is 4. The van der Waals surface area contributed by atoms with Crippen LogP contribution in [0.3, 0.4) is 0 Å². The number of halogens is 4. The van der Waals surface area contributed by atoms with Gasteiger partial charge in [-0.05, 0) is 62.2 Å². The van der Waals surface area contributed by atoms with Crippen molar-refractivity contribution in [3.05, 3.63) is 71.9 Å². The van der Waals surface area contributed by atoms with Crippen molar-refractivity contribution in [2.45, 2.75) is 45.1 Å². The van der Waals surface area contributed by atoms with Gasteiger partial charge in [0.2, 0.25) is 5.95 Å². The van der Waals surface area contributed by atoms with E-state index in [0.29, 0.717) is 5.65 Å². The van der Waals surface area contributed by atoms with E-state index in [0.717, 1.165) is 16.7 Å². The van der Waals surface area contributed by atoms with E-state index < -0.39 is 30.5 Å². The van der Waals surface area contributed by atoms with Crippen LogP contribution >= 0.6 is 0 Å². The van der Waals surface area contributed by atoms with E-state index in [1.54, 1.807) is 12.3 Å². The Morgan fingerprint density at radius 3 is 2.35 bits per heavy atom. The zero-order chi connectivity index (χ0) is 30.9. The van der Waals surface area contributed by atoms with E-state index >= 15 is 0 Å². The Morgan fingerprint density at radius 1 is 1.00 bits per heavy atom. The summed E-state index contributed by atoms with van der Waals surface area (Å²) in [5.74, 6) is -0.965. The van der Waals surface area contributed by atoms with Crippen molar-refractivity contribution in [3.63, 3.8) is 0 Å². The molecule has 9 nitrogen and oxygen atoms in total. The van der Waals surface area contributed by atoms with Crippen LogP contribution in [0.5, 0.6) is 5.75 Å². The van der Waals surface area contributed by atoms with Gasteiger partial charge in [-0.15, -0.1) is 5.10 Å². The summed E-state index contributed by atoms with van der Waals surface area (Å²) in [6.45, 7) is 3.72. The summed E-state index contributed by atoms with van der Waals surface area (Å²) in [7, 11) is 0. The molecule has 1 aliphatic heterocycles. The molecule has 2 aromatic heterocycles. The molecule has 1 fully saturated rings. The van der Waals surface area contributed by atoms with E-state index in [1.165, 1.54) is 27.6 Å². The van der Waals surface area contributed by atoms with Crippen molar-refractivity contribution in [2.24, 2.45) is 0 Å². The van der Waals surface area contributed by atoms with Crippen molar-refractivity contribution in [1.82, 2.24) is 19.5 Å². The molecule has 0 radical (unpaired) electrons. The highest BCUT2D eigenvalue weighted by Crippen LogP contribution is 2.31. The van der Waals surface area contributed by atoms with Crippen LogP contribution in [0.25, 0.3) is 16.8 Å². The standard InChI is InChI=1S/C30H29F4N5O4/c1-29(2,3)43-26(40)12-18-4-6-19(7-5-18)21-9-11-25-36-28(37-39(25)14-21)35-23-10-8-20(27(41)38-15-22(31)16-38)13-24(23)42-17-30(32,33)34/h4-11,13-14,22H,12,15-17H2,1-3H3,(H,35,37). The van der Waals surface area contributed by atoms with Gasteiger partial charge in [-0.3, -0.25) is 9.59 Å². The molecule has 0 spiro atoms. The SMILES string of the molecule is CC(C)(C)OC(=O)Cc1ccc(-c2ccc3nc(Nc4ccc(C(=O)N5CC(F)C5)cc4OCC(F)(F)F)nn3c2)cc1. The Hall–Kier alpha value is -4.68. The molecule has 1 N–H and O–H groups in total. The maximum atomic E-state index is 13.2. The molecule has 1 amide bonds. The fraction of sp³-hybridized carbons (Fsp3) is 0.333. The lowest BCUT2D eigenvalue weighted by molar-refractivity contribution is -0.154. The second-order valence-corrected chi connectivity index (χ2v) is 11.2. The summed E-state index contributed by atoms with van der Waals surface area (Å²) in [5.41, 5.74) is 2.57. The molecule has 1 aliphatic rings. The number of benzene rings is 2. The number of rotatable bonds is 8. The lowest BCUT2D eigenvalue weighted by Gasteiger charge is -2.34. The van der Waals surface area contributed by atoms with Crippen molar-refractivity contribution < 1.29 is 36.6 Å². The molecule has 13 heteroatoms. The van der Waals surface area contributed by atoms with Crippen LogP contribution in [0.2, 0.25) is 0 Å². The summed E-state index contributed by atoms with van der Waals surface area (Å²) >= 11 is 0. The summed E-state index contributed by atoms with van der Waals surface area (Å²) in [6.07, 6.45) is -3.84. The number of carbonyl (C=O) groups excluding carboxylic acids is 2. The summed E-state index contributed by atoms with van der Waals surface area (Å²) in [4.78, 5) is 30.4. The molecule has 2 aromatic carbocycles. The Labute approximate surface area is 244 Å². The number of pyridine rings is 1. The second kappa shape index (κ2) is 11.5. The van der Waals surface area contributed by atoms with E-state index in [-0.39, 0.29) is 48.4 Å². The van der Waals surface area contributed by atoms with E-state index in [1.807, 2.05) is 51.1 Å². The third kappa shape index (κ3) is 7.59. The molecule has 0 atom stereocenters. The molecular weight excluding hydrogens is 570 g/mol. The average molecular weight is 600 g/mol. The third-order valence-electron chi connectivity index (χ3n) is 6.38. The smallest absolute Gasteiger partial charge is 0.422 e. The molecular formula is C30H29F4N5O4. The number of hydrogen-bond donors (Lipinski definition) is 1. The minimum atomic E-state index is -4.61.